The number of halogens is 1. The molecule has 5 heteroatoms. The van der Waals surface area contributed by atoms with Gasteiger partial charge in [0.2, 0.25) is 0 Å². The number of hydrogen-bond donors (Lipinski definition) is 1. The number of nitrogens with one attached hydrogen (secondary N) is 1. The first-order valence-corrected chi connectivity index (χ1v) is 10.1. The Morgan fingerprint density at radius 3 is 2.38 bits per heavy atom. The maximum Gasteiger partial charge on any atom is 0.0737 e. The van der Waals surface area contributed by atoms with Crippen molar-refractivity contribution in [1.29, 1.82) is 0 Å². The van der Waals surface area contributed by atoms with E-state index in [9.17, 15) is 0 Å². The minimum Gasteiger partial charge on any atom is -0.383 e. The van der Waals surface area contributed by atoms with E-state index in [0.717, 1.165) is 50.3 Å². The summed E-state index contributed by atoms with van der Waals surface area (Å²) in [6.45, 7) is 6.63. The third kappa shape index (κ3) is 3.88. The highest BCUT2D eigenvalue weighted by molar-refractivity contribution is 6.18. The third-order valence-electron chi connectivity index (χ3n) is 5.90. The average molecular weight is 407 g/mol. The first-order valence-electron chi connectivity index (χ1n) is 10.1. The van der Waals surface area contributed by atoms with Crippen molar-refractivity contribution in [2.45, 2.75) is 0 Å². The Balaban J connectivity index is 0.00000205. The van der Waals surface area contributed by atoms with Crippen LogP contribution in [0, 0.1) is 0 Å². The van der Waals surface area contributed by atoms with Crippen LogP contribution >= 0.6 is 12.4 Å². The van der Waals surface area contributed by atoms with Gasteiger partial charge in [-0.1, -0.05) is 48.5 Å². The number of pyridine rings is 1. The first-order chi connectivity index (χ1) is 13.8. The van der Waals surface area contributed by atoms with Crippen LogP contribution in [0.4, 0.5) is 5.69 Å². The monoisotopic (exact) mass is 406 g/mol. The second kappa shape index (κ2) is 8.54. The fraction of sp³-hybridized carbons (Fsp3) is 0.292. The van der Waals surface area contributed by atoms with Crippen molar-refractivity contribution in [3.05, 3.63) is 60.7 Å². The SMILES string of the molecule is CN1CCN(CCNc2c3ccccc3nc3ccc4ccccc4c23)CC1.Cl. The van der Waals surface area contributed by atoms with Crippen LogP contribution in [0.5, 0.6) is 0 Å². The van der Waals surface area contributed by atoms with Crippen molar-refractivity contribution in [3.8, 4) is 0 Å². The number of fused-ring (bicyclic) bond motifs is 4. The highest BCUT2D eigenvalue weighted by atomic mass is 35.5. The summed E-state index contributed by atoms with van der Waals surface area (Å²) in [4.78, 5) is 9.89. The zero-order chi connectivity index (χ0) is 18.9. The average Bonchev–Trinajstić information content (AvgIpc) is 2.74. The molecule has 150 valence electrons. The van der Waals surface area contributed by atoms with Gasteiger partial charge in [-0.2, -0.15) is 0 Å². The molecule has 5 rings (SSSR count). The van der Waals surface area contributed by atoms with E-state index in [-0.39, 0.29) is 12.4 Å². The fourth-order valence-electron chi connectivity index (χ4n) is 4.26. The lowest BCUT2D eigenvalue weighted by molar-refractivity contribution is 0.158. The molecule has 1 aliphatic heterocycles. The Bertz CT molecular complexity index is 1140. The number of anilines is 1. The molecule has 1 aliphatic rings. The van der Waals surface area contributed by atoms with Gasteiger partial charge in [0.15, 0.2) is 0 Å². The van der Waals surface area contributed by atoms with Crippen molar-refractivity contribution in [1.82, 2.24) is 14.8 Å². The second-order valence-corrected chi connectivity index (χ2v) is 7.76. The predicted octanol–water partition coefficient (Wildman–Crippen LogP) is 4.62. The van der Waals surface area contributed by atoms with Crippen molar-refractivity contribution < 1.29 is 0 Å². The van der Waals surface area contributed by atoms with Gasteiger partial charge in [-0.3, -0.25) is 4.90 Å². The van der Waals surface area contributed by atoms with Crippen molar-refractivity contribution in [2.24, 2.45) is 0 Å². The van der Waals surface area contributed by atoms with E-state index in [1.807, 2.05) is 0 Å². The summed E-state index contributed by atoms with van der Waals surface area (Å²) in [5.41, 5.74) is 3.32. The molecule has 29 heavy (non-hydrogen) atoms. The molecule has 1 fully saturated rings. The Hall–Kier alpha value is -2.40. The Kier molecular flexibility index (Phi) is 5.86. The Morgan fingerprint density at radius 1 is 0.828 bits per heavy atom. The first kappa shape index (κ1) is 19.9. The lowest BCUT2D eigenvalue weighted by Gasteiger charge is -2.32. The largest absolute Gasteiger partial charge is 0.383 e. The number of benzene rings is 3. The van der Waals surface area contributed by atoms with E-state index >= 15 is 0 Å². The summed E-state index contributed by atoms with van der Waals surface area (Å²) in [6, 6.07) is 21.4. The maximum atomic E-state index is 4.94. The van der Waals surface area contributed by atoms with Crippen molar-refractivity contribution in [2.75, 3.05) is 51.6 Å². The summed E-state index contributed by atoms with van der Waals surface area (Å²) < 4.78 is 0. The maximum absolute atomic E-state index is 4.94. The molecule has 0 atom stereocenters. The van der Waals surface area contributed by atoms with Crippen LogP contribution in [0.1, 0.15) is 0 Å². The Morgan fingerprint density at radius 2 is 1.55 bits per heavy atom. The number of hydrogen-bond acceptors (Lipinski definition) is 4. The third-order valence-corrected chi connectivity index (χ3v) is 5.90. The minimum absolute atomic E-state index is 0. The molecule has 0 aliphatic carbocycles. The van der Waals surface area contributed by atoms with Crippen LogP contribution in [-0.4, -0.2) is 61.1 Å². The highest BCUT2D eigenvalue weighted by Gasteiger charge is 2.15. The summed E-state index contributed by atoms with van der Waals surface area (Å²) in [5, 5.41) is 8.74. The van der Waals surface area contributed by atoms with Crippen LogP contribution in [-0.2, 0) is 0 Å². The number of rotatable bonds is 4. The molecule has 0 radical (unpaired) electrons. The zero-order valence-electron chi connectivity index (χ0n) is 16.8. The van der Waals surface area contributed by atoms with Gasteiger partial charge < -0.3 is 10.2 Å². The van der Waals surface area contributed by atoms with Crippen LogP contribution in [0.15, 0.2) is 60.7 Å². The summed E-state index contributed by atoms with van der Waals surface area (Å²) in [5.74, 6) is 0. The summed E-state index contributed by atoms with van der Waals surface area (Å²) in [6.07, 6.45) is 0. The van der Waals surface area contributed by atoms with Crippen molar-refractivity contribution in [3.63, 3.8) is 0 Å². The van der Waals surface area contributed by atoms with Gasteiger partial charge in [0.1, 0.15) is 0 Å². The summed E-state index contributed by atoms with van der Waals surface area (Å²) in [7, 11) is 2.20. The van der Waals surface area contributed by atoms with Crippen LogP contribution < -0.4 is 5.32 Å². The minimum atomic E-state index is 0. The normalized spacial score (nSPS) is 15.6. The van der Waals surface area contributed by atoms with E-state index in [0.29, 0.717) is 0 Å². The molecular formula is C24H27ClN4. The molecule has 0 bridgehead atoms. The molecule has 0 unspecified atom stereocenters. The molecular weight excluding hydrogens is 380 g/mol. The zero-order valence-corrected chi connectivity index (χ0v) is 17.6. The van der Waals surface area contributed by atoms with Crippen LogP contribution in [0.2, 0.25) is 0 Å². The lowest BCUT2D eigenvalue weighted by atomic mass is 10.0. The lowest BCUT2D eigenvalue weighted by Crippen LogP contribution is -2.45. The number of aromatic nitrogens is 1. The highest BCUT2D eigenvalue weighted by Crippen LogP contribution is 2.35. The van der Waals surface area contributed by atoms with Gasteiger partial charge in [-0.05, 0) is 30.0 Å². The molecule has 1 N–H and O–H groups in total. The molecule has 3 aromatic carbocycles. The van der Waals surface area contributed by atoms with Gasteiger partial charge in [0, 0.05) is 50.0 Å². The molecule has 4 nitrogen and oxygen atoms in total. The molecule has 1 aromatic heterocycles. The molecule has 4 aromatic rings. The Labute approximate surface area is 177 Å². The van der Waals surface area contributed by atoms with E-state index < -0.39 is 0 Å². The smallest absolute Gasteiger partial charge is 0.0737 e. The van der Waals surface area contributed by atoms with Crippen molar-refractivity contribution >= 4 is 50.7 Å². The van der Waals surface area contributed by atoms with E-state index in [4.69, 9.17) is 4.98 Å². The molecule has 0 amide bonds. The van der Waals surface area contributed by atoms with Crippen LogP contribution in [0.25, 0.3) is 32.6 Å². The van der Waals surface area contributed by atoms with Gasteiger partial charge >= 0.3 is 0 Å². The van der Waals surface area contributed by atoms with Crippen LogP contribution in [0.3, 0.4) is 0 Å². The van der Waals surface area contributed by atoms with E-state index in [1.54, 1.807) is 0 Å². The topological polar surface area (TPSA) is 31.4 Å². The number of nitrogens with zero attached hydrogens (tertiary/aromatic N) is 3. The molecule has 1 saturated heterocycles. The number of piperazine rings is 1. The van der Waals surface area contributed by atoms with Gasteiger partial charge in [0.05, 0.1) is 16.7 Å². The quantitative estimate of drug-likeness (QED) is 0.395. The number of likely N-dealkylation sites (N-methyl/N-ethyl adjacent to an activating group) is 1. The predicted molar refractivity (Wildman–Crippen MR) is 126 cm³/mol. The molecule has 0 saturated carbocycles. The fourth-order valence-corrected chi connectivity index (χ4v) is 4.26. The number of para-hydroxylation sites is 1. The van der Waals surface area contributed by atoms with E-state index in [1.165, 1.54) is 27.2 Å². The summed E-state index contributed by atoms with van der Waals surface area (Å²) >= 11 is 0. The van der Waals surface area contributed by atoms with Gasteiger partial charge in [0.25, 0.3) is 0 Å². The van der Waals surface area contributed by atoms with Gasteiger partial charge in [-0.25, -0.2) is 4.98 Å². The molecule has 0 spiro atoms. The standard InChI is InChI=1S/C24H26N4.ClH/c1-27-14-16-28(17-15-27)13-12-25-24-20-8-4-5-9-21(20)26-22-11-10-18-6-2-3-7-19(18)23(22)24;/h2-11H,12-17H2,1H3,(H,25,26);1H. The molecule has 2 heterocycles. The second-order valence-electron chi connectivity index (χ2n) is 7.76. The van der Waals surface area contributed by atoms with Gasteiger partial charge in [-0.15, -0.1) is 12.4 Å². The van der Waals surface area contributed by atoms with E-state index in [2.05, 4.69) is 82.8 Å².